The average Bonchev–Trinajstić information content (AvgIpc) is 3.00. The van der Waals surface area contributed by atoms with E-state index in [1.165, 1.54) is 4.90 Å². The molecular formula is C34H48N4O7. The summed E-state index contributed by atoms with van der Waals surface area (Å²) in [5.41, 5.74) is 0.230. The minimum absolute atomic E-state index is 0.118. The lowest BCUT2D eigenvalue weighted by molar-refractivity contribution is -0.139. The van der Waals surface area contributed by atoms with Gasteiger partial charge in [0.1, 0.15) is 42.5 Å². The van der Waals surface area contributed by atoms with E-state index in [0.717, 1.165) is 0 Å². The Morgan fingerprint density at radius 1 is 0.978 bits per heavy atom. The molecule has 0 bridgehead atoms. The van der Waals surface area contributed by atoms with Crippen molar-refractivity contribution in [2.75, 3.05) is 41.0 Å². The van der Waals surface area contributed by atoms with Gasteiger partial charge in [-0.2, -0.15) is 0 Å². The van der Waals surface area contributed by atoms with Gasteiger partial charge in [0.2, 0.25) is 17.7 Å². The molecule has 0 saturated heterocycles. The van der Waals surface area contributed by atoms with Gasteiger partial charge in [0.25, 0.3) is 5.91 Å². The smallest absolute Gasteiger partial charge is 0.255 e. The molecule has 3 rings (SSSR count). The van der Waals surface area contributed by atoms with E-state index in [2.05, 4.69) is 24.5 Å². The van der Waals surface area contributed by atoms with E-state index >= 15 is 0 Å². The Morgan fingerprint density at radius 3 is 2.27 bits per heavy atom. The number of fused-ring (bicyclic) bond motifs is 1. The normalized spacial score (nSPS) is 19.6. The molecule has 246 valence electrons. The molecule has 11 heteroatoms. The van der Waals surface area contributed by atoms with E-state index in [9.17, 15) is 19.2 Å². The van der Waals surface area contributed by atoms with E-state index in [1.54, 1.807) is 74.6 Å². The van der Waals surface area contributed by atoms with Gasteiger partial charge in [0.15, 0.2) is 0 Å². The first-order valence-corrected chi connectivity index (χ1v) is 15.5. The van der Waals surface area contributed by atoms with E-state index in [0.29, 0.717) is 30.1 Å². The molecule has 0 radical (unpaired) electrons. The van der Waals surface area contributed by atoms with Crippen LogP contribution in [0.25, 0.3) is 0 Å². The fraction of sp³-hybridized carbons (Fsp3) is 0.529. The molecule has 1 aliphatic rings. The zero-order chi connectivity index (χ0) is 33.1. The second kappa shape index (κ2) is 16.7. The molecule has 2 N–H and O–H groups in total. The van der Waals surface area contributed by atoms with Gasteiger partial charge in [-0.25, -0.2) is 0 Å². The number of hydrogen-bond donors (Lipinski definition) is 2. The van der Waals surface area contributed by atoms with E-state index < -0.39 is 29.8 Å². The van der Waals surface area contributed by atoms with Crippen molar-refractivity contribution in [3.05, 3.63) is 54.1 Å². The predicted molar refractivity (Wildman–Crippen MR) is 171 cm³/mol. The summed E-state index contributed by atoms with van der Waals surface area (Å²) in [6.45, 7) is 8.64. The summed E-state index contributed by atoms with van der Waals surface area (Å²) in [6.07, 6.45) is 0.739. The molecule has 0 saturated carbocycles. The van der Waals surface area contributed by atoms with Gasteiger partial charge in [-0.1, -0.05) is 39.8 Å². The van der Waals surface area contributed by atoms with Crippen molar-refractivity contribution in [1.29, 1.82) is 0 Å². The minimum Gasteiger partial charge on any atom is -0.497 e. The maximum Gasteiger partial charge on any atom is 0.255 e. The lowest BCUT2D eigenvalue weighted by Gasteiger charge is -2.34. The van der Waals surface area contributed by atoms with Crippen molar-refractivity contribution in [3.8, 4) is 17.2 Å². The van der Waals surface area contributed by atoms with E-state index in [-0.39, 0.29) is 55.5 Å². The molecule has 1 heterocycles. The van der Waals surface area contributed by atoms with Crippen molar-refractivity contribution in [2.45, 2.75) is 65.1 Å². The highest BCUT2D eigenvalue weighted by molar-refractivity contribution is 6.01. The quantitative estimate of drug-likeness (QED) is 0.414. The number of carbonyl (C=O) groups is 4. The van der Waals surface area contributed by atoms with Crippen molar-refractivity contribution in [3.63, 3.8) is 0 Å². The average molecular weight is 625 g/mol. The first-order chi connectivity index (χ1) is 21.4. The summed E-state index contributed by atoms with van der Waals surface area (Å²) in [5.74, 6) is 0.286. The standard InChI is InChI=1S/C34H48N4O7/c1-22(2)18-24-21-45-30-11-9-8-10-27(30)32(40)36-29(20-31(39)35-28(19-23(3)4)34(42)38(24)6)33(41)37(5)16-17-44-26-14-12-25(43-7)13-15-26/h8-15,22-24,28-29H,16-21H2,1-7H3,(H,35,39)(H,36,40)/t24-,28-,29-/m0/s1. The van der Waals surface area contributed by atoms with Crippen LogP contribution in [0.2, 0.25) is 0 Å². The van der Waals surface area contributed by atoms with Gasteiger partial charge in [0, 0.05) is 14.1 Å². The monoisotopic (exact) mass is 624 g/mol. The van der Waals surface area contributed by atoms with Crippen molar-refractivity contribution < 1.29 is 33.4 Å². The van der Waals surface area contributed by atoms with Crippen LogP contribution in [0.1, 0.15) is 57.3 Å². The fourth-order valence-corrected chi connectivity index (χ4v) is 5.19. The van der Waals surface area contributed by atoms with Crippen LogP contribution >= 0.6 is 0 Å². The van der Waals surface area contributed by atoms with Crippen LogP contribution in [0.3, 0.4) is 0 Å². The third-order valence-corrected chi connectivity index (χ3v) is 7.67. The maximum absolute atomic E-state index is 13.8. The summed E-state index contributed by atoms with van der Waals surface area (Å²) >= 11 is 0. The zero-order valence-corrected chi connectivity index (χ0v) is 27.5. The van der Waals surface area contributed by atoms with Gasteiger partial charge < -0.3 is 34.6 Å². The number of nitrogens with one attached hydrogen (secondary N) is 2. The van der Waals surface area contributed by atoms with Crippen LogP contribution in [0.4, 0.5) is 0 Å². The first-order valence-electron chi connectivity index (χ1n) is 15.5. The third-order valence-electron chi connectivity index (χ3n) is 7.67. The zero-order valence-electron chi connectivity index (χ0n) is 27.5. The SMILES string of the molecule is COc1ccc(OCCN(C)C(=O)[C@@H]2CC(=O)N[C@@H](CC(C)C)C(=O)N(C)[C@@H](CC(C)C)COc3ccccc3C(=O)N2)cc1. The second-order valence-corrected chi connectivity index (χ2v) is 12.3. The van der Waals surface area contributed by atoms with E-state index in [1.807, 2.05) is 13.8 Å². The van der Waals surface area contributed by atoms with Crippen LogP contribution < -0.4 is 24.8 Å². The highest BCUT2D eigenvalue weighted by atomic mass is 16.5. The second-order valence-electron chi connectivity index (χ2n) is 12.3. The van der Waals surface area contributed by atoms with Crippen molar-refractivity contribution in [1.82, 2.24) is 20.4 Å². The van der Waals surface area contributed by atoms with Crippen LogP contribution in [0, 0.1) is 11.8 Å². The Labute approximate surface area is 266 Å². The molecule has 11 nitrogen and oxygen atoms in total. The summed E-state index contributed by atoms with van der Waals surface area (Å²) in [4.78, 5) is 57.5. The largest absolute Gasteiger partial charge is 0.497 e. The van der Waals surface area contributed by atoms with Crippen molar-refractivity contribution in [2.24, 2.45) is 11.8 Å². The molecule has 2 aromatic rings. The molecule has 4 amide bonds. The molecule has 1 aliphatic heterocycles. The van der Waals surface area contributed by atoms with Crippen LogP contribution in [-0.4, -0.2) is 92.5 Å². The number of methoxy groups -OCH3 is 1. The Balaban J connectivity index is 1.86. The van der Waals surface area contributed by atoms with Crippen molar-refractivity contribution >= 4 is 23.6 Å². The molecule has 0 spiro atoms. The Hall–Kier alpha value is -4.28. The highest BCUT2D eigenvalue weighted by Gasteiger charge is 2.33. The van der Waals surface area contributed by atoms with Gasteiger partial charge >= 0.3 is 0 Å². The van der Waals surface area contributed by atoms with Gasteiger partial charge in [-0.05, 0) is 61.1 Å². The van der Waals surface area contributed by atoms with Gasteiger partial charge in [-0.15, -0.1) is 0 Å². The number of hydrogen-bond acceptors (Lipinski definition) is 7. The lowest BCUT2D eigenvalue weighted by atomic mass is 9.99. The summed E-state index contributed by atoms with van der Waals surface area (Å²) in [7, 11) is 4.88. The molecule has 45 heavy (non-hydrogen) atoms. The number of amides is 4. The number of ether oxygens (including phenoxy) is 3. The molecule has 0 unspecified atom stereocenters. The molecular weight excluding hydrogens is 576 g/mol. The Morgan fingerprint density at radius 2 is 1.62 bits per heavy atom. The van der Waals surface area contributed by atoms with Gasteiger partial charge in [-0.3, -0.25) is 19.2 Å². The fourth-order valence-electron chi connectivity index (χ4n) is 5.19. The molecule has 2 aromatic carbocycles. The first kappa shape index (κ1) is 35.2. The maximum atomic E-state index is 13.8. The Bertz CT molecular complexity index is 1300. The number of benzene rings is 2. The number of likely N-dealkylation sites (N-methyl/N-ethyl adjacent to an activating group) is 2. The summed E-state index contributed by atoms with van der Waals surface area (Å²) in [5, 5.41) is 5.62. The van der Waals surface area contributed by atoms with E-state index in [4.69, 9.17) is 14.2 Å². The third kappa shape index (κ3) is 10.4. The minimum atomic E-state index is -1.19. The molecule has 0 fully saturated rings. The summed E-state index contributed by atoms with van der Waals surface area (Å²) in [6, 6.07) is 11.5. The van der Waals surface area contributed by atoms with Crippen LogP contribution in [-0.2, 0) is 14.4 Å². The number of rotatable bonds is 10. The Kier molecular flexibility index (Phi) is 13.1. The highest BCUT2D eigenvalue weighted by Crippen LogP contribution is 2.22. The molecule has 0 aromatic heterocycles. The number of nitrogens with zero attached hydrogens (tertiary/aromatic N) is 2. The number of para-hydroxylation sites is 1. The van der Waals surface area contributed by atoms with Crippen LogP contribution in [0.5, 0.6) is 17.2 Å². The van der Waals surface area contributed by atoms with Crippen LogP contribution in [0.15, 0.2) is 48.5 Å². The summed E-state index contributed by atoms with van der Waals surface area (Å²) < 4.78 is 17.1. The molecule has 0 aliphatic carbocycles. The molecule has 3 atom stereocenters. The number of carbonyl (C=O) groups excluding carboxylic acids is 4. The predicted octanol–water partition coefficient (Wildman–Crippen LogP) is 3.52. The van der Waals surface area contributed by atoms with Gasteiger partial charge in [0.05, 0.1) is 31.7 Å². The lowest BCUT2D eigenvalue weighted by Crippen LogP contribution is -2.55. The topological polar surface area (TPSA) is 127 Å².